The van der Waals surface area contributed by atoms with Gasteiger partial charge in [0.05, 0.1) is 13.2 Å². The summed E-state index contributed by atoms with van der Waals surface area (Å²) in [6.45, 7) is 0.779. The van der Waals surface area contributed by atoms with Gasteiger partial charge in [0.1, 0.15) is 17.2 Å². The molecule has 0 aromatic heterocycles. The summed E-state index contributed by atoms with van der Waals surface area (Å²) >= 11 is 0. The molecule has 0 aliphatic rings. The minimum Gasteiger partial charge on any atom is -0.394 e. The molecule has 0 spiro atoms. The van der Waals surface area contributed by atoms with E-state index in [4.69, 9.17) is 9.84 Å². The molecule has 6 heteroatoms. The van der Waals surface area contributed by atoms with E-state index in [9.17, 15) is 13.6 Å². The van der Waals surface area contributed by atoms with E-state index in [2.05, 4.69) is 5.32 Å². The topological polar surface area (TPSA) is 58.6 Å². The van der Waals surface area contributed by atoms with E-state index in [1.807, 2.05) is 0 Å². The molecule has 2 N–H and O–H groups in total. The number of amides is 1. The van der Waals surface area contributed by atoms with Crippen LogP contribution in [0.1, 0.15) is 16.8 Å². The third-order valence-corrected chi connectivity index (χ3v) is 2.18. The molecule has 4 nitrogen and oxygen atoms in total. The van der Waals surface area contributed by atoms with Crippen LogP contribution >= 0.6 is 0 Å². The zero-order chi connectivity index (χ0) is 13.4. The molecule has 0 unspecified atom stereocenters. The van der Waals surface area contributed by atoms with Crippen LogP contribution in [0.15, 0.2) is 18.2 Å². The summed E-state index contributed by atoms with van der Waals surface area (Å²) in [6, 6.07) is 3.26. The normalized spacial score (nSPS) is 10.4. The Hall–Kier alpha value is -1.53. The van der Waals surface area contributed by atoms with Crippen molar-refractivity contribution >= 4 is 5.91 Å². The predicted octanol–water partition coefficient (Wildman–Crippen LogP) is 1.09. The Balaban J connectivity index is 2.37. The third kappa shape index (κ3) is 4.38. The van der Waals surface area contributed by atoms with Crippen LogP contribution in [-0.4, -0.2) is 37.4 Å². The first-order valence-corrected chi connectivity index (χ1v) is 5.57. The fraction of sp³-hybridized carbons (Fsp3) is 0.417. The summed E-state index contributed by atoms with van der Waals surface area (Å²) in [5.74, 6) is -2.55. The molecule has 0 saturated heterocycles. The number of hydrogen-bond acceptors (Lipinski definition) is 3. The lowest BCUT2D eigenvalue weighted by Crippen LogP contribution is -2.27. The highest BCUT2D eigenvalue weighted by Gasteiger charge is 2.15. The first-order valence-electron chi connectivity index (χ1n) is 5.57. The highest BCUT2D eigenvalue weighted by Crippen LogP contribution is 2.11. The van der Waals surface area contributed by atoms with Crippen molar-refractivity contribution in [2.75, 3.05) is 26.4 Å². The van der Waals surface area contributed by atoms with E-state index in [1.54, 1.807) is 0 Å². The second kappa shape index (κ2) is 7.73. The molecule has 0 fully saturated rings. The first-order chi connectivity index (χ1) is 8.66. The van der Waals surface area contributed by atoms with Crippen molar-refractivity contribution in [3.63, 3.8) is 0 Å². The minimum atomic E-state index is -0.885. The highest BCUT2D eigenvalue weighted by atomic mass is 19.1. The highest BCUT2D eigenvalue weighted by molar-refractivity contribution is 5.94. The molecule has 0 atom stereocenters. The SMILES string of the molecule is O=C(NCCCOCCO)c1c(F)cccc1F. The quantitative estimate of drug-likeness (QED) is 0.721. The lowest BCUT2D eigenvalue weighted by Gasteiger charge is -2.07. The Morgan fingerprint density at radius 1 is 1.28 bits per heavy atom. The lowest BCUT2D eigenvalue weighted by atomic mass is 10.2. The maximum Gasteiger partial charge on any atom is 0.257 e. The average molecular weight is 259 g/mol. The van der Waals surface area contributed by atoms with Crippen molar-refractivity contribution in [1.82, 2.24) is 5.32 Å². The molecule has 18 heavy (non-hydrogen) atoms. The van der Waals surface area contributed by atoms with Crippen molar-refractivity contribution in [2.45, 2.75) is 6.42 Å². The van der Waals surface area contributed by atoms with Crippen LogP contribution in [0.4, 0.5) is 8.78 Å². The number of halogens is 2. The van der Waals surface area contributed by atoms with Crippen LogP contribution in [0.25, 0.3) is 0 Å². The number of ether oxygens (including phenoxy) is 1. The van der Waals surface area contributed by atoms with E-state index in [1.165, 1.54) is 6.07 Å². The van der Waals surface area contributed by atoms with E-state index in [0.29, 0.717) is 13.0 Å². The molecule has 0 heterocycles. The number of hydrogen-bond donors (Lipinski definition) is 2. The number of rotatable bonds is 7. The molecule has 0 radical (unpaired) electrons. The summed E-state index contributed by atoms with van der Waals surface area (Å²) in [5.41, 5.74) is -0.575. The Kier molecular flexibility index (Phi) is 6.24. The van der Waals surface area contributed by atoms with Crippen molar-refractivity contribution in [3.05, 3.63) is 35.4 Å². The Bertz CT molecular complexity index is 379. The maximum atomic E-state index is 13.2. The summed E-state index contributed by atoms with van der Waals surface area (Å²) in [5, 5.41) is 10.8. The first kappa shape index (κ1) is 14.5. The van der Waals surface area contributed by atoms with Gasteiger partial charge in [-0.3, -0.25) is 4.79 Å². The van der Waals surface area contributed by atoms with Gasteiger partial charge in [-0.25, -0.2) is 8.78 Å². The van der Waals surface area contributed by atoms with Gasteiger partial charge >= 0.3 is 0 Å². The molecule has 1 aromatic rings. The number of carbonyl (C=O) groups is 1. The molecular formula is C12H15F2NO3. The van der Waals surface area contributed by atoms with Crippen LogP contribution in [0, 0.1) is 11.6 Å². The number of aliphatic hydroxyl groups is 1. The number of carbonyl (C=O) groups excluding carboxylic acids is 1. The standard InChI is InChI=1S/C12H15F2NO3/c13-9-3-1-4-10(14)11(9)12(17)15-5-2-7-18-8-6-16/h1,3-4,16H,2,5-8H2,(H,15,17). The van der Waals surface area contributed by atoms with E-state index in [-0.39, 0.29) is 19.8 Å². The van der Waals surface area contributed by atoms with Crippen molar-refractivity contribution in [1.29, 1.82) is 0 Å². The van der Waals surface area contributed by atoms with Crippen LogP contribution < -0.4 is 5.32 Å². The van der Waals surface area contributed by atoms with Gasteiger partial charge in [-0.05, 0) is 18.6 Å². The van der Waals surface area contributed by atoms with Crippen molar-refractivity contribution < 1.29 is 23.4 Å². The number of benzene rings is 1. The fourth-order valence-corrected chi connectivity index (χ4v) is 1.35. The molecule has 0 bridgehead atoms. The molecule has 0 aliphatic carbocycles. The van der Waals surface area contributed by atoms with Gasteiger partial charge in [0.2, 0.25) is 0 Å². The minimum absolute atomic E-state index is 0.0627. The summed E-state index contributed by atoms with van der Waals surface area (Å²) in [4.78, 5) is 11.5. The van der Waals surface area contributed by atoms with Crippen molar-refractivity contribution in [3.8, 4) is 0 Å². The van der Waals surface area contributed by atoms with Gasteiger partial charge in [-0.2, -0.15) is 0 Å². The lowest BCUT2D eigenvalue weighted by molar-refractivity contribution is 0.0864. The van der Waals surface area contributed by atoms with Crippen molar-refractivity contribution in [2.24, 2.45) is 0 Å². The summed E-state index contributed by atoms with van der Waals surface area (Å²) in [7, 11) is 0. The second-order valence-corrected chi connectivity index (χ2v) is 3.54. The van der Waals surface area contributed by atoms with Gasteiger partial charge in [0.15, 0.2) is 0 Å². The zero-order valence-electron chi connectivity index (χ0n) is 9.79. The van der Waals surface area contributed by atoms with Gasteiger partial charge in [-0.15, -0.1) is 0 Å². The van der Waals surface area contributed by atoms with E-state index >= 15 is 0 Å². The Morgan fingerprint density at radius 3 is 2.56 bits per heavy atom. The number of aliphatic hydroxyl groups excluding tert-OH is 1. The largest absolute Gasteiger partial charge is 0.394 e. The van der Waals surface area contributed by atoms with Crippen LogP contribution in [-0.2, 0) is 4.74 Å². The van der Waals surface area contributed by atoms with Crippen LogP contribution in [0.3, 0.4) is 0 Å². The number of nitrogens with one attached hydrogen (secondary N) is 1. The Morgan fingerprint density at radius 2 is 1.94 bits per heavy atom. The van der Waals surface area contributed by atoms with E-state index < -0.39 is 23.1 Å². The average Bonchev–Trinajstić information content (AvgIpc) is 2.33. The molecular weight excluding hydrogens is 244 g/mol. The third-order valence-electron chi connectivity index (χ3n) is 2.18. The smallest absolute Gasteiger partial charge is 0.257 e. The molecule has 1 amide bonds. The zero-order valence-corrected chi connectivity index (χ0v) is 9.79. The molecule has 1 rings (SSSR count). The Labute approximate surface area is 104 Å². The van der Waals surface area contributed by atoms with Gasteiger partial charge in [0, 0.05) is 13.2 Å². The molecule has 1 aromatic carbocycles. The van der Waals surface area contributed by atoms with Gasteiger partial charge < -0.3 is 15.2 Å². The molecule has 0 aliphatic heterocycles. The van der Waals surface area contributed by atoms with Crippen LogP contribution in [0.2, 0.25) is 0 Å². The predicted molar refractivity (Wildman–Crippen MR) is 61.2 cm³/mol. The molecule has 100 valence electrons. The monoisotopic (exact) mass is 259 g/mol. The maximum absolute atomic E-state index is 13.2. The summed E-state index contributed by atoms with van der Waals surface area (Å²) < 4.78 is 31.4. The fourth-order valence-electron chi connectivity index (χ4n) is 1.35. The van der Waals surface area contributed by atoms with E-state index in [0.717, 1.165) is 12.1 Å². The summed E-state index contributed by atoms with van der Waals surface area (Å²) in [6.07, 6.45) is 0.502. The van der Waals surface area contributed by atoms with Crippen LogP contribution in [0.5, 0.6) is 0 Å². The second-order valence-electron chi connectivity index (χ2n) is 3.54. The van der Waals surface area contributed by atoms with Gasteiger partial charge in [-0.1, -0.05) is 6.07 Å². The molecule has 0 saturated carbocycles. The van der Waals surface area contributed by atoms with Gasteiger partial charge in [0.25, 0.3) is 5.91 Å².